The highest BCUT2D eigenvalue weighted by atomic mass is 35.5. The largest absolute Gasteiger partial charge is 0.469 e. The zero-order valence-corrected chi connectivity index (χ0v) is 13.3. The van der Waals surface area contributed by atoms with Gasteiger partial charge in [0.2, 0.25) is 5.91 Å². The maximum absolute atomic E-state index is 13.8. The molecule has 0 aliphatic heterocycles. The van der Waals surface area contributed by atoms with Crippen LogP contribution in [0.2, 0.25) is 5.02 Å². The Morgan fingerprint density at radius 1 is 1.43 bits per heavy atom. The Morgan fingerprint density at radius 2 is 2.22 bits per heavy atom. The highest BCUT2D eigenvalue weighted by molar-refractivity contribution is 6.31. The molecule has 1 heterocycles. The van der Waals surface area contributed by atoms with E-state index < -0.39 is 18.0 Å². The van der Waals surface area contributed by atoms with Crippen molar-refractivity contribution in [3.8, 4) is 0 Å². The lowest BCUT2D eigenvalue weighted by Crippen LogP contribution is -2.38. The number of hydrogen-bond acceptors (Lipinski definition) is 3. The van der Waals surface area contributed by atoms with Crippen molar-refractivity contribution in [2.75, 3.05) is 0 Å². The second kappa shape index (κ2) is 6.34. The zero-order chi connectivity index (χ0) is 16.6. The molecule has 0 spiro atoms. The molecule has 1 amide bonds. The number of nitrogens with one attached hydrogen (secondary N) is 1. The van der Waals surface area contributed by atoms with E-state index in [9.17, 15) is 14.3 Å². The smallest absolute Gasteiger partial charge is 0.224 e. The SMILES string of the molecule is C[C@H](NC(=O)[C@@H]1C[C@@H]1c1ccco1)[C@H](O)c1c(F)cccc1Cl. The van der Waals surface area contributed by atoms with Crippen molar-refractivity contribution in [1.82, 2.24) is 5.32 Å². The van der Waals surface area contributed by atoms with Crippen molar-refractivity contribution in [2.24, 2.45) is 5.92 Å². The summed E-state index contributed by atoms with van der Waals surface area (Å²) in [5, 5.41) is 13.2. The van der Waals surface area contributed by atoms with Gasteiger partial charge in [-0.1, -0.05) is 17.7 Å². The summed E-state index contributed by atoms with van der Waals surface area (Å²) in [7, 11) is 0. The van der Waals surface area contributed by atoms with Gasteiger partial charge in [0.15, 0.2) is 0 Å². The van der Waals surface area contributed by atoms with Crippen LogP contribution in [0.3, 0.4) is 0 Å². The molecule has 1 aliphatic rings. The van der Waals surface area contributed by atoms with E-state index in [1.165, 1.54) is 18.2 Å². The number of benzene rings is 1. The molecule has 2 N–H and O–H groups in total. The minimum atomic E-state index is -1.21. The van der Waals surface area contributed by atoms with Crippen LogP contribution in [-0.2, 0) is 4.79 Å². The van der Waals surface area contributed by atoms with E-state index in [1.54, 1.807) is 19.3 Å². The molecular formula is C17H17ClFNO3. The van der Waals surface area contributed by atoms with Crippen LogP contribution >= 0.6 is 11.6 Å². The van der Waals surface area contributed by atoms with E-state index in [2.05, 4.69) is 5.32 Å². The lowest BCUT2D eigenvalue weighted by molar-refractivity contribution is -0.123. The van der Waals surface area contributed by atoms with Crippen molar-refractivity contribution in [1.29, 1.82) is 0 Å². The van der Waals surface area contributed by atoms with Crippen LogP contribution in [-0.4, -0.2) is 17.1 Å². The predicted octanol–water partition coefficient (Wildman–Crippen LogP) is 3.41. The van der Waals surface area contributed by atoms with Crippen LogP contribution in [0.4, 0.5) is 4.39 Å². The number of hydrogen-bond donors (Lipinski definition) is 2. The molecule has 0 saturated heterocycles. The Kier molecular flexibility index (Phi) is 4.41. The van der Waals surface area contributed by atoms with Crippen molar-refractivity contribution >= 4 is 17.5 Å². The molecule has 2 aromatic rings. The number of aliphatic hydroxyl groups excluding tert-OH is 1. The fraction of sp³-hybridized carbons (Fsp3) is 0.353. The first-order valence-electron chi connectivity index (χ1n) is 7.44. The molecule has 0 radical (unpaired) electrons. The Bertz CT molecular complexity index is 684. The van der Waals surface area contributed by atoms with E-state index in [0.717, 1.165) is 5.76 Å². The molecule has 1 aromatic carbocycles. The molecule has 23 heavy (non-hydrogen) atoms. The predicted molar refractivity (Wildman–Crippen MR) is 83.5 cm³/mol. The van der Waals surface area contributed by atoms with Gasteiger partial charge in [-0.25, -0.2) is 4.39 Å². The molecule has 4 nitrogen and oxygen atoms in total. The number of carbonyl (C=O) groups is 1. The number of halogens is 2. The normalized spacial score (nSPS) is 22.4. The minimum Gasteiger partial charge on any atom is -0.469 e. The number of aliphatic hydroxyl groups is 1. The molecule has 1 saturated carbocycles. The number of furan rings is 1. The molecule has 1 aliphatic carbocycles. The maximum atomic E-state index is 13.8. The molecular weight excluding hydrogens is 321 g/mol. The molecule has 1 fully saturated rings. The maximum Gasteiger partial charge on any atom is 0.224 e. The Labute approximate surface area is 138 Å². The minimum absolute atomic E-state index is 0.000322. The molecule has 122 valence electrons. The Hall–Kier alpha value is -1.85. The second-order valence-electron chi connectivity index (χ2n) is 5.84. The summed E-state index contributed by atoms with van der Waals surface area (Å²) in [4.78, 5) is 12.2. The van der Waals surface area contributed by atoms with Crippen LogP contribution in [0, 0.1) is 11.7 Å². The first-order valence-corrected chi connectivity index (χ1v) is 7.82. The van der Waals surface area contributed by atoms with Crippen LogP contribution in [0.1, 0.15) is 36.7 Å². The molecule has 0 unspecified atom stereocenters. The second-order valence-corrected chi connectivity index (χ2v) is 6.25. The summed E-state index contributed by atoms with van der Waals surface area (Å²) in [6.45, 7) is 1.62. The van der Waals surface area contributed by atoms with E-state index >= 15 is 0 Å². The van der Waals surface area contributed by atoms with Crippen LogP contribution in [0.25, 0.3) is 0 Å². The van der Waals surface area contributed by atoms with Crippen molar-refractivity contribution in [3.63, 3.8) is 0 Å². The molecule has 6 heteroatoms. The van der Waals surface area contributed by atoms with Gasteiger partial charge in [-0.05, 0) is 37.6 Å². The molecule has 4 atom stereocenters. The first-order chi connectivity index (χ1) is 11.0. The monoisotopic (exact) mass is 337 g/mol. The van der Waals surface area contributed by atoms with Gasteiger partial charge in [-0.15, -0.1) is 0 Å². The molecule has 3 rings (SSSR count). The number of rotatable bonds is 5. The van der Waals surface area contributed by atoms with Gasteiger partial charge >= 0.3 is 0 Å². The number of carbonyl (C=O) groups excluding carboxylic acids is 1. The van der Waals surface area contributed by atoms with E-state index in [4.69, 9.17) is 16.0 Å². The fourth-order valence-electron chi connectivity index (χ4n) is 2.76. The van der Waals surface area contributed by atoms with Crippen molar-refractivity contribution in [2.45, 2.75) is 31.4 Å². The molecule has 1 aromatic heterocycles. The third kappa shape index (κ3) is 3.26. The highest BCUT2D eigenvalue weighted by Crippen LogP contribution is 2.47. The van der Waals surface area contributed by atoms with Crippen LogP contribution in [0.5, 0.6) is 0 Å². The van der Waals surface area contributed by atoms with Gasteiger partial charge in [0.05, 0.1) is 12.3 Å². The van der Waals surface area contributed by atoms with Gasteiger partial charge in [0, 0.05) is 22.4 Å². The Morgan fingerprint density at radius 3 is 2.87 bits per heavy atom. The van der Waals surface area contributed by atoms with Gasteiger partial charge in [0.25, 0.3) is 0 Å². The summed E-state index contributed by atoms with van der Waals surface area (Å²) >= 11 is 5.95. The summed E-state index contributed by atoms with van der Waals surface area (Å²) in [5.41, 5.74) is 0.000322. The Balaban J connectivity index is 1.63. The summed E-state index contributed by atoms with van der Waals surface area (Å²) in [5.74, 6) is -0.0785. The quantitative estimate of drug-likeness (QED) is 0.878. The average Bonchev–Trinajstić information content (AvgIpc) is 3.13. The third-order valence-electron chi connectivity index (χ3n) is 4.17. The van der Waals surface area contributed by atoms with Crippen LogP contribution < -0.4 is 5.32 Å². The van der Waals surface area contributed by atoms with Gasteiger partial charge in [0.1, 0.15) is 17.7 Å². The van der Waals surface area contributed by atoms with Crippen molar-refractivity contribution in [3.05, 3.63) is 58.8 Å². The molecule has 0 bridgehead atoms. The average molecular weight is 338 g/mol. The lowest BCUT2D eigenvalue weighted by Gasteiger charge is -2.22. The number of amides is 1. The van der Waals surface area contributed by atoms with Crippen molar-refractivity contribution < 1.29 is 18.7 Å². The van der Waals surface area contributed by atoms with E-state index in [1.807, 2.05) is 6.07 Å². The highest BCUT2D eigenvalue weighted by Gasteiger charge is 2.46. The summed E-state index contributed by atoms with van der Waals surface area (Å²) in [6, 6.07) is 7.17. The van der Waals surface area contributed by atoms with E-state index in [0.29, 0.717) is 6.42 Å². The summed E-state index contributed by atoms with van der Waals surface area (Å²) < 4.78 is 19.1. The topological polar surface area (TPSA) is 62.5 Å². The fourth-order valence-corrected chi connectivity index (χ4v) is 3.03. The zero-order valence-electron chi connectivity index (χ0n) is 12.5. The van der Waals surface area contributed by atoms with Gasteiger partial charge in [-0.2, -0.15) is 0 Å². The third-order valence-corrected chi connectivity index (χ3v) is 4.50. The standard InChI is InChI=1S/C17H17ClFNO3/c1-9(16(21)15-12(18)4-2-5-13(15)19)20-17(22)11-8-10(11)14-6-3-7-23-14/h2-7,9-11,16,21H,8H2,1H3,(H,20,22)/t9-,10-,11+,16-/m0/s1. The van der Waals surface area contributed by atoms with E-state index in [-0.39, 0.29) is 28.3 Å². The first kappa shape index (κ1) is 16.0. The van der Waals surface area contributed by atoms with Crippen LogP contribution in [0.15, 0.2) is 41.0 Å². The summed E-state index contributed by atoms with van der Waals surface area (Å²) in [6.07, 6.45) is 1.08. The van der Waals surface area contributed by atoms with Gasteiger partial charge in [-0.3, -0.25) is 4.79 Å². The lowest BCUT2D eigenvalue weighted by atomic mass is 10.0. The van der Waals surface area contributed by atoms with Gasteiger partial charge < -0.3 is 14.8 Å².